The molecule has 0 aliphatic carbocycles. The zero-order valence-electron chi connectivity index (χ0n) is 19.1. The van der Waals surface area contributed by atoms with Crippen molar-refractivity contribution in [1.29, 1.82) is 0 Å². The van der Waals surface area contributed by atoms with E-state index in [-0.39, 0.29) is 11.4 Å². The number of thiazole rings is 1. The van der Waals surface area contributed by atoms with Gasteiger partial charge in [-0.15, -0.1) is 11.3 Å². The van der Waals surface area contributed by atoms with Crippen molar-refractivity contribution in [2.75, 3.05) is 18.6 Å². The predicted molar refractivity (Wildman–Crippen MR) is 137 cm³/mol. The molecule has 1 amide bonds. The SMILES string of the molecule is CCCOc1cccc(C2C(C(=O)c3cccs3)=C(O)C(=O)N2c2nc3ccc(OC)cc3s2)c1. The number of aliphatic hydroxyl groups is 1. The largest absolute Gasteiger partial charge is 0.503 e. The Labute approximate surface area is 209 Å². The minimum atomic E-state index is -0.857. The number of benzene rings is 2. The molecule has 0 saturated carbocycles. The second-order valence-corrected chi connectivity index (χ2v) is 9.85. The van der Waals surface area contributed by atoms with Crippen LogP contribution in [0.1, 0.15) is 34.6 Å². The Morgan fingerprint density at radius 1 is 1.14 bits per heavy atom. The topological polar surface area (TPSA) is 89.0 Å². The number of amides is 1. The molecule has 9 heteroatoms. The molecular weight excluding hydrogens is 484 g/mol. The second kappa shape index (κ2) is 9.52. The first-order valence-corrected chi connectivity index (χ1v) is 12.7. The summed E-state index contributed by atoms with van der Waals surface area (Å²) in [5, 5.41) is 13.1. The van der Waals surface area contributed by atoms with Crippen LogP contribution in [0.5, 0.6) is 11.5 Å². The number of ketones is 1. The van der Waals surface area contributed by atoms with Gasteiger partial charge in [0.1, 0.15) is 11.5 Å². The molecule has 178 valence electrons. The Bertz CT molecular complexity index is 1440. The van der Waals surface area contributed by atoms with Gasteiger partial charge in [0, 0.05) is 0 Å². The maximum Gasteiger partial charge on any atom is 0.296 e. The third-order valence-corrected chi connectivity index (χ3v) is 7.52. The number of carbonyl (C=O) groups excluding carboxylic acids is 2. The van der Waals surface area contributed by atoms with Gasteiger partial charge in [-0.25, -0.2) is 4.98 Å². The number of aliphatic hydroxyl groups excluding tert-OH is 1. The first-order chi connectivity index (χ1) is 17.0. The van der Waals surface area contributed by atoms with Crippen LogP contribution in [-0.2, 0) is 4.79 Å². The van der Waals surface area contributed by atoms with Gasteiger partial charge in [0.05, 0.1) is 40.4 Å². The van der Waals surface area contributed by atoms with Gasteiger partial charge in [-0.1, -0.05) is 36.5 Å². The molecule has 7 nitrogen and oxygen atoms in total. The molecular formula is C26H22N2O5S2. The Kier molecular flexibility index (Phi) is 6.27. The van der Waals surface area contributed by atoms with Crippen molar-refractivity contribution in [2.24, 2.45) is 0 Å². The lowest BCUT2D eigenvalue weighted by atomic mass is 9.95. The van der Waals surface area contributed by atoms with E-state index in [0.29, 0.717) is 39.2 Å². The van der Waals surface area contributed by atoms with Crippen molar-refractivity contribution in [3.63, 3.8) is 0 Å². The standard InChI is InChI=1S/C26H22N2O5S2/c1-3-11-33-17-7-4-6-15(13-17)22-21(23(29)19-8-5-12-34-19)24(30)25(31)28(22)26-27-18-10-9-16(32-2)14-20(18)35-26/h4-10,12-14,22,30H,3,11H2,1-2H3. The molecule has 0 fully saturated rings. The highest BCUT2D eigenvalue weighted by atomic mass is 32.1. The Balaban J connectivity index is 1.65. The molecule has 1 aliphatic heterocycles. The summed E-state index contributed by atoms with van der Waals surface area (Å²) in [5.74, 6) is -0.320. The molecule has 5 rings (SSSR count). The van der Waals surface area contributed by atoms with Crippen molar-refractivity contribution in [3.05, 3.63) is 81.8 Å². The molecule has 1 aliphatic rings. The van der Waals surface area contributed by atoms with Crippen molar-refractivity contribution >= 4 is 49.7 Å². The number of nitrogens with zero attached hydrogens (tertiary/aromatic N) is 2. The van der Waals surface area contributed by atoms with E-state index in [2.05, 4.69) is 4.98 Å². The molecule has 3 heterocycles. The highest BCUT2D eigenvalue weighted by molar-refractivity contribution is 7.22. The number of hydrogen-bond donors (Lipinski definition) is 1. The molecule has 35 heavy (non-hydrogen) atoms. The summed E-state index contributed by atoms with van der Waals surface area (Å²) in [6.45, 7) is 2.56. The number of hydrogen-bond acceptors (Lipinski definition) is 8. The number of ether oxygens (including phenoxy) is 2. The number of rotatable bonds is 8. The molecule has 1 atom stereocenters. The summed E-state index contributed by atoms with van der Waals surface area (Å²) >= 11 is 2.56. The van der Waals surface area contributed by atoms with Gasteiger partial charge in [0.2, 0.25) is 5.78 Å². The van der Waals surface area contributed by atoms with Gasteiger partial charge < -0.3 is 14.6 Å². The van der Waals surface area contributed by atoms with Gasteiger partial charge in [0.25, 0.3) is 5.91 Å². The minimum absolute atomic E-state index is 0.0296. The van der Waals surface area contributed by atoms with Crippen molar-refractivity contribution < 1.29 is 24.2 Å². The van der Waals surface area contributed by atoms with Crippen LogP contribution in [0, 0.1) is 0 Å². The molecule has 4 aromatic rings. The van der Waals surface area contributed by atoms with E-state index in [1.807, 2.05) is 37.3 Å². The molecule has 0 saturated heterocycles. The third kappa shape index (κ3) is 4.17. The Hall–Kier alpha value is -3.69. The summed E-state index contributed by atoms with van der Waals surface area (Å²) in [6, 6.07) is 15.3. The lowest BCUT2D eigenvalue weighted by Crippen LogP contribution is -2.30. The average Bonchev–Trinajstić information content (AvgIpc) is 3.61. The van der Waals surface area contributed by atoms with E-state index < -0.39 is 17.7 Å². The molecule has 0 radical (unpaired) electrons. The molecule has 2 aromatic carbocycles. The van der Waals surface area contributed by atoms with E-state index in [4.69, 9.17) is 9.47 Å². The van der Waals surface area contributed by atoms with Crippen molar-refractivity contribution in [2.45, 2.75) is 19.4 Å². The van der Waals surface area contributed by atoms with Crippen LogP contribution in [-0.4, -0.2) is 35.5 Å². The maximum absolute atomic E-state index is 13.5. The predicted octanol–water partition coefficient (Wildman–Crippen LogP) is 5.94. The summed E-state index contributed by atoms with van der Waals surface area (Å²) in [5.41, 5.74) is 1.37. The smallest absolute Gasteiger partial charge is 0.296 e. The van der Waals surface area contributed by atoms with Crippen LogP contribution in [0.25, 0.3) is 10.2 Å². The highest BCUT2D eigenvalue weighted by Crippen LogP contribution is 2.45. The van der Waals surface area contributed by atoms with Gasteiger partial charge in [-0.2, -0.15) is 0 Å². The van der Waals surface area contributed by atoms with Crippen LogP contribution in [0.15, 0.2) is 71.3 Å². The number of aromatic nitrogens is 1. The summed E-state index contributed by atoms with van der Waals surface area (Å²) in [6.07, 6.45) is 0.843. The number of thiophene rings is 1. The zero-order chi connectivity index (χ0) is 24.5. The maximum atomic E-state index is 13.5. The fourth-order valence-electron chi connectivity index (χ4n) is 4.01. The lowest BCUT2D eigenvalue weighted by Gasteiger charge is -2.24. The number of carbonyl (C=O) groups is 2. The summed E-state index contributed by atoms with van der Waals surface area (Å²) < 4.78 is 11.9. The summed E-state index contributed by atoms with van der Waals surface area (Å²) in [4.78, 5) is 33.4. The van der Waals surface area contributed by atoms with Gasteiger partial charge in [0.15, 0.2) is 10.9 Å². The fourth-order valence-corrected chi connectivity index (χ4v) is 5.71. The van der Waals surface area contributed by atoms with E-state index in [9.17, 15) is 14.7 Å². The normalized spacial score (nSPS) is 15.8. The zero-order valence-corrected chi connectivity index (χ0v) is 20.7. The molecule has 0 spiro atoms. The van der Waals surface area contributed by atoms with E-state index >= 15 is 0 Å². The van der Waals surface area contributed by atoms with Crippen molar-refractivity contribution in [1.82, 2.24) is 4.98 Å². The molecule has 2 aromatic heterocycles. The second-order valence-electron chi connectivity index (χ2n) is 7.90. The van der Waals surface area contributed by atoms with Crippen LogP contribution >= 0.6 is 22.7 Å². The molecule has 1 unspecified atom stereocenters. The van der Waals surface area contributed by atoms with E-state index in [1.165, 1.54) is 27.6 Å². The third-order valence-electron chi connectivity index (χ3n) is 5.63. The number of Topliss-reactive ketones (excluding diaryl/α,β-unsaturated/α-hetero) is 1. The Morgan fingerprint density at radius 3 is 2.74 bits per heavy atom. The van der Waals surface area contributed by atoms with Gasteiger partial charge in [-0.3, -0.25) is 14.5 Å². The van der Waals surface area contributed by atoms with Crippen LogP contribution in [0.3, 0.4) is 0 Å². The molecule has 0 bridgehead atoms. The monoisotopic (exact) mass is 506 g/mol. The number of methoxy groups -OCH3 is 1. The van der Waals surface area contributed by atoms with Gasteiger partial charge in [-0.05, 0) is 53.8 Å². The highest BCUT2D eigenvalue weighted by Gasteiger charge is 2.46. The summed E-state index contributed by atoms with van der Waals surface area (Å²) in [7, 11) is 1.58. The molecule has 1 N–H and O–H groups in total. The quantitative estimate of drug-likeness (QED) is 0.298. The number of fused-ring (bicyclic) bond motifs is 1. The van der Waals surface area contributed by atoms with Crippen LogP contribution in [0.4, 0.5) is 5.13 Å². The Morgan fingerprint density at radius 2 is 2.00 bits per heavy atom. The van der Waals surface area contributed by atoms with Crippen molar-refractivity contribution in [3.8, 4) is 11.5 Å². The average molecular weight is 507 g/mol. The number of anilines is 1. The van der Waals surface area contributed by atoms with Crippen LogP contribution < -0.4 is 14.4 Å². The fraction of sp³-hybridized carbons (Fsp3) is 0.192. The van der Waals surface area contributed by atoms with Gasteiger partial charge >= 0.3 is 0 Å². The van der Waals surface area contributed by atoms with Crippen LogP contribution in [0.2, 0.25) is 0 Å². The van der Waals surface area contributed by atoms with E-state index in [0.717, 1.165) is 11.1 Å². The first kappa shape index (κ1) is 23.1. The first-order valence-electron chi connectivity index (χ1n) is 11.0. The van der Waals surface area contributed by atoms with E-state index in [1.54, 1.807) is 36.8 Å². The lowest BCUT2D eigenvalue weighted by molar-refractivity contribution is -0.117. The minimum Gasteiger partial charge on any atom is -0.503 e.